The minimum atomic E-state index is -0.605. The van der Waals surface area contributed by atoms with Gasteiger partial charge in [-0.15, -0.1) is 0 Å². The number of nitrogens with one attached hydrogen (secondary N) is 1. The van der Waals surface area contributed by atoms with Gasteiger partial charge in [-0.2, -0.15) is 0 Å². The van der Waals surface area contributed by atoms with E-state index in [1.165, 1.54) is 11.6 Å². The average Bonchev–Trinajstić information content (AvgIpc) is 2.56. The van der Waals surface area contributed by atoms with Crippen LogP contribution in [0.3, 0.4) is 0 Å². The molecule has 0 bridgehead atoms. The zero-order chi connectivity index (χ0) is 16.4. The molecule has 0 saturated heterocycles. The molecule has 4 N–H and O–H groups in total. The lowest BCUT2D eigenvalue weighted by atomic mass is 9.93. The first kappa shape index (κ1) is 18.2. The van der Waals surface area contributed by atoms with Crippen LogP contribution in [0.5, 0.6) is 5.75 Å². The molecule has 0 fully saturated rings. The molecule has 0 unspecified atom stereocenters. The zero-order valence-electron chi connectivity index (χ0n) is 12.6. The summed E-state index contributed by atoms with van der Waals surface area (Å²) in [5.74, 6) is 0.105. The number of hydrogen-bond donors (Lipinski definition) is 4. The molecule has 6 heteroatoms. The first-order valence-electron chi connectivity index (χ1n) is 7.20. The van der Waals surface area contributed by atoms with Gasteiger partial charge in [0.05, 0.1) is 12.7 Å². The van der Waals surface area contributed by atoms with Crippen LogP contribution in [0.2, 0.25) is 0 Å². The van der Waals surface area contributed by atoms with Crippen LogP contribution in [0.25, 0.3) is 0 Å². The molecule has 0 heterocycles. The molecule has 0 aliphatic carbocycles. The summed E-state index contributed by atoms with van der Waals surface area (Å²) in [7, 11) is 0. The summed E-state index contributed by atoms with van der Waals surface area (Å²) in [6.07, 6.45) is 3.64. The number of carbonyl (C=O) groups excluding carboxylic acids is 1. The lowest BCUT2D eigenvalue weighted by Gasteiger charge is -2.19. The Balaban J connectivity index is 2.46. The number of aliphatic hydroxyl groups excluding tert-OH is 2. The van der Waals surface area contributed by atoms with Crippen molar-refractivity contribution >= 4 is 5.91 Å². The molecular formula is C16H23NO5. The quantitative estimate of drug-likeness (QED) is 0.315. The Morgan fingerprint density at radius 3 is 2.64 bits per heavy atom. The van der Waals surface area contributed by atoms with E-state index in [9.17, 15) is 9.90 Å². The van der Waals surface area contributed by atoms with Gasteiger partial charge in [-0.3, -0.25) is 10.0 Å². The van der Waals surface area contributed by atoms with E-state index in [0.717, 1.165) is 5.56 Å². The molecule has 0 aliphatic heterocycles. The fourth-order valence-electron chi connectivity index (χ4n) is 2.00. The molecular weight excluding hydrogens is 286 g/mol. The van der Waals surface area contributed by atoms with Gasteiger partial charge in [0.15, 0.2) is 0 Å². The second-order valence-corrected chi connectivity index (χ2v) is 5.02. The third-order valence-corrected chi connectivity index (χ3v) is 3.29. The second kappa shape index (κ2) is 9.94. The monoisotopic (exact) mass is 309 g/mol. The predicted molar refractivity (Wildman–Crippen MR) is 81.4 cm³/mol. The average molecular weight is 309 g/mol. The smallest absolute Gasteiger partial charge is 0.267 e. The molecule has 1 aromatic rings. The Morgan fingerprint density at radius 1 is 1.36 bits per heavy atom. The van der Waals surface area contributed by atoms with Gasteiger partial charge in [0.25, 0.3) is 5.91 Å². The van der Waals surface area contributed by atoms with E-state index in [1.807, 2.05) is 6.92 Å². The first-order chi connectivity index (χ1) is 10.6. The number of rotatable bonds is 9. The van der Waals surface area contributed by atoms with Crippen LogP contribution in [-0.2, 0) is 4.79 Å². The number of aliphatic hydroxyl groups is 2. The number of hydrogen-bond acceptors (Lipinski definition) is 5. The summed E-state index contributed by atoms with van der Waals surface area (Å²) in [6, 6.07) is 7.10. The van der Waals surface area contributed by atoms with E-state index >= 15 is 0 Å². The van der Waals surface area contributed by atoms with Crippen LogP contribution in [-0.4, -0.2) is 34.5 Å². The van der Waals surface area contributed by atoms with Crippen molar-refractivity contribution in [3.8, 4) is 5.75 Å². The van der Waals surface area contributed by atoms with Crippen LogP contribution < -0.4 is 10.2 Å². The van der Waals surface area contributed by atoms with Crippen molar-refractivity contribution < 1.29 is 25.0 Å². The number of carbonyl (C=O) groups is 1. The molecule has 0 saturated carbocycles. The van der Waals surface area contributed by atoms with Gasteiger partial charge < -0.3 is 14.9 Å². The maximum absolute atomic E-state index is 10.8. The fourth-order valence-corrected chi connectivity index (χ4v) is 2.00. The fraction of sp³-hybridized carbons (Fsp3) is 0.438. The minimum absolute atomic E-state index is 0.0195. The van der Waals surface area contributed by atoms with Gasteiger partial charge in [0.2, 0.25) is 0 Å². The lowest BCUT2D eigenvalue weighted by Crippen LogP contribution is -2.15. The van der Waals surface area contributed by atoms with Crippen LogP contribution in [0.15, 0.2) is 36.4 Å². The topological polar surface area (TPSA) is 99.0 Å². The Bertz CT molecular complexity index is 472. The summed E-state index contributed by atoms with van der Waals surface area (Å²) >= 11 is 0. The lowest BCUT2D eigenvalue weighted by molar-refractivity contribution is -0.124. The highest BCUT2D eigenvalue weighted by Gasteiger charge is 2.15. The summed E-state index contributed by atoms with van der Waals surface area (Å²) in [5, 5.41) is 27.3. The number of ether oxygens (including phenoxy) is 1. The summed E-state index contributed by atoms with van der Waals surface area (Å²) in [5.41, 5.74) is 2.31. The van der Waals surface area contributed by atoms with E-state index < -0.39 is 12.0 Å². The van der Waals surface area contributed by atoms with Crippen molar-refractivity contribution in [2.45, 2.75) is 25.9 Å². The molecule has 0 radical (unpaired) electrons. The van der Waals surface area contributed by atoms with Crippen molar-refractivity contribution in [1.82, 2.24) is 5.48 Å². The standard InChI is InChI=1S/C16H23NO5/c1-12(4-2-3-5-15(19)17-21)16(20)13-6-8-14(9-7-13)22-11-10-18/h3,5-9,12,16,18,20-21H,2,4,10-11H2,1H3,(H,17,19)/b5-3+/t12-,16-/m0/s1. The Morgan fingerprint density at radius 2 is 2.05 bits per heavy atom. The second-order valence-electron chi connectivity index (χ2n) is 5.02. The maximum atomic E-state index is 10.8. The van der Waals surface area contributed by atoms with Crippen molar-refractivity contribution in [2.75, 3.05) is 13.2 Å². The number of allylic oxidation sites excluding steroid dienone is 1. The normalized spacial score (nSPS) is 13.8. The van der Waals surface area contributed by atoms with E-state index in [-0.39, 0.29) is 19.1 Å². The highest BCUT2D eigenvalue weighted by atomic mass is 16.5. The highest BCUT2D eigenvalue weighted by Crippen LogP contribution is 2.26. The predicted octanol–water partition coefficient (Wildman–Crippen LogP) is 1.57. The minimum Gasteiger partial charge on any atom is -0.491 e. The van der Waals surface area contributed by atoms with Crippen molar-refractivity contribution in [1.29, 1.82) is 0 Å². The van der Waals surface area contributed by atoms with Crippen LogP contribution in [0, 0.1) is 5.92 Å². The molecule has 6 nitrogen and oxygen atoms in total. The van der Waals surface area contributed by atoms with E-state index in [1.54, 1.807) is 30.3 Å². The van der Waals surface area contributed by atoms with Gasteiger partial charge in [-0.25, -0.2) is 5.48 Å². The highest BCUT2D eigenvalue weighted by molar-refractivity contribution is 5.86. The summed E-state index contributed by atoms with van der Waals surface area (Å²) in [4.78, 5) is 10.8. The van der Waals surface area contributed by atoms with Crippen LogP contribution >= 0.6 is 0 Å². The van der Waals surface area contributed by atoms with Crippen molar-refractivity contribution in [2.24, 2.45) is 5.92 Å². The number of amides is 1. The molecule has 1 amide bonds. The van der Waals surface area contributed by atoms with E-state index in [0.29, 0.717) is 18.6 Å². The zero-order valence-corrected chi connectivity index (χ0v) is 12.6. The van der Waals surface area contributed by atoms with Gasteiger partial charge in [-0.1, -0.05) is 25.1 Å². The third-order valence-electron chi connectivity index (χ3n) is 3.29. The number of hydroxylamine groups is 1. The van der Waals surface area contributed by atoms with Gasteiger partial charge in [0.1, 0.15) is 12.4 Å². The third kappa shape index (κ3) is 6.26. The molecule has 0 aliphatic rings. The van der Waals surface area contributed by atoms with E-state index in [2.05, 4.69) is 0 Å². The van der Waals surface area contributed by atoms with Gasteiger partial charge in [-0.05, 0) is 36.5 Å². The molecule has 0 spiro atoms. The molecule has 1 rings (SSSR count). The van der Waals surface area contributed by atoms with Crippen molar-refractivity contribution in [3.05, 3.63) is 42.0 Å². The first-order valence-corrected chi connectivity index (χ1v) is 7.20. The molecule has 0 aromatic heterocycles. The van der Waals surface area contributed by atoms with Crippen LogP contribution in [0.1, 0.15) is 31.4 Å². The van der Waals surface area contributed by atoms with Gasteiger partial charge >= 0.3 is 0 Å². The Labute approximate surface area is 130 Å². The number of benzene rings is 1. The SMILES string of the molecule is C[C@@H](CC/C=C/C(=O)NO)[C@H](O)c1ccc(OCCO)cc1. The van der Waals surface area contributed by atoms with Crippen molar-refractivity contribution in [3.63, 3.8) is 0 Å². The summed E-state index contributed by atoms with van der Waals surface area (Å²) < 4.78 is 5.26. The molecule has 122 valence electrons. The molecule has 2 atom stereocenters. The Kier molecular flexibility index (Phi) is 8.21. The van der Waals surface area contributed by atoms with Gasteiger partial charge in [0, 0.05) is 6.08 Å². The largest absolute Gasteiger partial charge is 0.491 e. The summed E-state index contributed by atoms with van der Waals surface area (Å²) in [6.45, 7) is 2.14. The molecule has 22 heavy (non-hydrogen) atoms. The van der Waals surface area contributed by atoms with Crippen LogP contribution in [0.4, 0.5) is 0 Å². The Hall–Kier alpha value is -1.89. The molecule has 1 aromatic carbocycles. The maximum Gasteiger partial charge on any atom is 0.267 e. The van der Waals surface area contributed by atoms with E-state index in [4.69, 9.17) is 15.1 Å².